The fourth-order valence-corrected chi connectivity index (χ4v) is 1.19. The molecule has 0 heterocycles. The SMILES string of the molecule is OBO.[SiH3]Cc1ccccc1. The van der Waals surface area contributed by atoms with E-state index in [4.69, 9.17) is 10.0 Å². The van der Waals surface area contributed by atoms with Gasteiger partial charge in [-0.15, -0.1) is 0 Å². The highest BCUT2D eigenvalue weighted by Crippen LogP contribution is 1.95. The molecule has 0 amide bonds. The maximum absolute atomic E-state index is 7.12. The molecule has 0 aliphatic carbocycles. The fraction of sp³-hybridized carbons (Fsp3) is 0.143. The largest absolute Gasteiger partial charge is 0.432 e. The lowest BCUT2D eigenvalue weighted by atomic mass is 10.2. The third kappa shape index (κ3) is 5.85. The molecule has 0 fully saturated rings. The maximum Gasteiger partial charge on any atom is 0.432 e. The third-order valence-electron chi connectivity index (χ3n) is 1.25. The monoisotopic (exact) mass is 168 g/mol. The first-order chi connectivity index (χ1) is 5.35. The van der Waals surface area contributed by atoms with Crippen molar-refractivity contribution >= 4 is 17.9 Å². The Hall–Kier alpha value is -0.578. The molecule has 0 saturated carbocycles. The summed E-state index contributed by atoms with van der Waals surface area (Å²) in [4.78, 5) is 0. The summed E-state index contributed by atoms with van der Waals surface area (Å²) in [7, 11) is 0.527. The molecule has 60 valence electrons. The van der Waals surface area contributed by atoms with Crippen molar-refractivity contribution < 1.29 is 10.0 Å². The van der Waals surface area contributed by atoms with Crippen molar-refractivity contribution in [1.29, 1.82) is 0 Å². The highest BCUT2D eigenvalue weighted by atomic mass is 28.1. The molecular formula is C7H13BO2Si. The highest BCUT2D eigenvalue weighted by Gasteiger charge is 1.80. The maximum atomic E-state index is 7.12. The van der Waals surface area contributed by atoms with Crippen LogP contribution in [-0.2, 0) is 6.04 Å². The zero-order chi connectivity index (χ0) is 8.53. The summed E-state index contributed by atoms with van der Waals surface area (Å²) < 4.78 is 0. The zero-order valence-corrected chi connectivity index (χ0v) is 8.70. The molecule has 0 aromatic heterocycles. The molecule has 1 rings (SSSR count). The Morgan fingerprint density at radius 3 is 1.91 bits per heavy atom. The van der Waals surface area contributed by atoms with E-state index in [0.717, 1.165) is 0 Å². The second-order valence-electron chi connectivity index (χ2n) is 1.98. The van der Waals surface area contributed by atoms with E-state index in [1.807, 2.05) is 0 Å². The smallest absolute Gasteiger partial charge is 0.430 e. The normalized spacial score (nSPS) is 8.18. The van der Waals surface area contributed by atoms with Gasteiger partial charge in [-0.1, -0.05) is 35.9 Å². The number of hydrogen-bond donors (Lipinski definition) is 2. The minimum absolute atomic E-state index is 0.750. The number of rotatable bonds is 1. The molecule has 0 unspecified atom stereocenters. The van der Waals surface area contributed by atoms with Gasteiger partial charge in [-0.25, -0.2) is 0 Å². The quantitative estimate of drug-likeness (QED) is 0.516. The first kappa shape index (κ1) is 10.4. The number of benzene rings is 1. The Morgan fingerprint density at radius 1 is 1.18 bits per heavy atom. The van der Waals surface area contributed by atoms with Crippen molar-refractivity contribution in [2.75, 3.05) is 0 Å². The van der Waals surface area contributed by atoms with Gasteiger partial charge >= 0.3 is 7.69 Å². The van der Waals surface area contributed by atoms with Crippen LogP contribution < -0.4 is 0 Å². The second-order valence-corrected chi connectivity index (χ2v) is 2.69. The molecule has 1 aromatic carbocycles. The second kappa shape index (κ2) is 7.53. The van der Waals surface area contributed by atoms with E-state index >= 15 is 0 Å². The minimum atomic E-state index is -0.750. The Kier molecular flexibility index (Phi) is 7.13. The molecule has 11 heavy (non-hydrogen) atoms. The molecule has 2 nitrogen and oxygen atoms in total. The van der Waals surface area contributed by atoms with Gasteiger partial charge in [0.1, 0.15) is 0 Å². The molecule has 0 atom stereocenters. The Balaban J connectivity index is 0.000000292. The van der Waals surface area contributed by atoms with Crippen LogP contribution in [0.15, 0.2) is 30.3 Å². The van der Waals surface area contributed by atoms with Gasteiger partial charge in [0.2, 0.25) is 0 Å². The lowest BCUT2D eigenvalue weighted by Crippen LogP contribution is -1.78. The van der Waals surface area contributed by atoms with Crippen LogP contribution in [0.1, 0.15) is 5.56 Å². The van der Waals surface area contributed by atoms with Crippen LogP contribution in [0.25, 0.3) is 0 Å². The van der Waals surface area contributed by atoms with E-state index in [1.54, 1.807) is 0 Å². The van der Waals surface area contributed by atoms with Crippen molar-refractivity contribution in [2.45, 2.75) is 6.04 Å². The Morgan fingerprint density at radius 2 is 1.64 bits per heavy atom. The summed E-state index contributed by atoms with van der Waals surface area (Å²) in [5.41, 5.74) is 1.47. The summed E-state index contributed by atoms with van der Waals surface area (Å²) in [6.45, 7) is 0. The van der Waals surface area contributed by atoms with Crippen LogP contribution in [0.5, 0.6) is 0 Å². The predicted octanol–water partition coefficient (Wildman–Crippen LogP) is -1.21. The first-order valence-electron chi connectivity index (χ1n) is 3.60. The average molecular weight is 168 g/mol. The lowest BCUT2D eigenvalue weighted by molar-refractivity contribution is 0.448. The van der Waals surface area contributed by atoms with Gasteiger partial charge in [0, 0.05) is 10.2 Å². The summed E-state index contributed by atoms with van der Waals surface area (Å²) in [6, 6.07) is 11.9. The van der Waals surface area contributed by atoms with Crippen LogP contribution in [-0.4, -0.2) is 28.0 Å². The van der Waals surface area contributed by atoms with Crippen molar-refractivity contribution in [2.24, 2.45) is 0 Å². The topological polar surface area (TPSA) is 40.5 Å². The molecule has 1 aromatic rings. The van der Waals surface area contributed by atoms with Gasteiger partial charge in [-0.2, -0.15) is 0 Å². The van der Waals surface area contributed by atoms with E-state index in [-0.39, 0.29) is 0 Å². The molecule has 0 aliphatic heterocycles. The molecule has 0 bridgehead atoms. The van der Waals surface area contributed by atoms with Gasteiger partial charge in [0.15, 0.2) is 0 Å². The first-order valence-corrected chi connectivity index (χ1v) is 5.02. The Labute approximate surface area is 70.6 Å². The predicted molar refractivity (Wildman–Crippen MR) is 51.7 cm³/mol. The van der Waals surface area contributed by atoms with Gasteiger partial charge < -0.3 is 10.0 Å². The van der Waals surface area contributed by atoms with E-state index < -0.39 is 7.69 Å². The lowest BCUT2D eigenvalue weighted by Gasteiger charge is -1.89. The molecule has 4 heteroatoms. The summed E-state index contributed by atoms with van der Waals surface area (Å²) in [6.07, 6.45) is 0. The van der Waals surface area contributed by atoms with Crippen LogP contribution in [0.3, 0.4) is 0 Å². The third-order valence-corrected chi connectivity index (χ3v) is 2.07. The van der Waals surface area contributed by atoms with Crippen LogP contribution >= 0.6 is 0 Å². The minimum Gasteiger partial charge on any atom is -0.430 e. The molecule has 0 aliphatic rings. The van der Waals surface area contributed by atoms with Gasteiger partial charge in [0.25, 0.3) is 0 Å². The van der Waals surface area contributed by atoms with Crippen LogP contribution in [0, 0.1) is 0 Å². The molecule has 0 saturated heterocycles. The van der Waals surface area contributed by atoms with E-state index in [2.05, 4.69) is 30.3 Å². The van der Waals surface area contributed by atoms with E-state index in [9.17, 15) is 0 Å². The van der Waals surface area contributed by atoms with Crippen molar-refractivity contribution in [3.8, 4) is 0 Å². The summed E-state index contributed by atoms with van der Waals surface area (Å²) in [5, 5.41) is 14.2. The zero-order valence-electron chi connectivity index (χ0n) is 6.70. The Bertz CT molecular complexity index is 169. The highest BCUT2D eigenvalue weighted by molar-refractivity contribution is 6.13. The van der Waals surface area contributed by atoms with Crippen LogP contribution in [0.2, 0.25) is 0 Å². The molecule has 0 spiro atoms. The van der Waals surface area contributed by atoms with E-state index in [1.165, 1.54) is 21.9 Å². The summed E-state index contributed by atoms with van der Waals surface area (Å²) in [5.74, 6) is 0. The summed E-state index contributed by atoms with van der Waals surface area (Å²) >= 11 is 0. The van der Waals surface area contributed by atoms with Gasteiger partial charge in [0.05, 0.1) is 0 Å². The van der Waals surface area contributed by atoms with E-state index in [0.29, 0.717) is 0 Å². The number of hydrogen-bond acceptors (Lipinski definition) is 2. The average Bonchev–Trinajstić information content (AvgIpc) is 2.08. The molecule has 2 N–H and O–H groups in total. The van der Waals surface area contributed by atoms with Crippen molar-refractivity contribution in [3.63, 3.8) is 0 Å². The van der Waals surface area contributed by atoms with Gasteiger partial charge in [-0.3, -0.25) is 0 Å². The molecule has 0 radical (unpaired) electrons. The van der Waals surface area contributed by atoms with Gasteiger partial charge in [-0.05, 0) is 6.04 Å². The van der Waals surface area contributed by atoms with Crippen LogP contribution in [0.4, 0.5) is 0 Å². The van der Waals surface area contributed by atoms with Crippen molar-refractivity contribution in [1.82, 2.24) is 0 Å². The fourth-order valence-electron chi connectivity index (χ4n) is 0.714. The van der Waals surface area contributed by atoms with Crippen molar-refractivity contribution in [3.05, 3.63) is 35.9 Å². The molecular weight excluding hydrogens is 155 g/mol. The standard InChI is InChI=1S/C7H10Si.BH3O2/c8-6-7-4-2-1-3-5-7;2-1-3/h1-5H,6H2,8H3;1-3H.